The average Bonchev–Trinajstić information content (AvgIpc) is 2.79. The molecule has 0 heterocycles. The zero-order valence-electron chi connectivity index (χ0n) is 26.3. The van der Waals surface area contributed by atoms with E-state index in [0.717, 1.165) is 23.3 Å². The molecule has 7 heteroatoms. The van der Waals surface area contributed by atoms with Crippen LogP contribution in [-0.4, -0.2) is 54.3 Å². The van der Waals surface area contributed by atoms with Gasteiger partial charge in [-0.1, -0.05) is 77.5 Å². The van der Waals surface area contributed by atoms with E-state index < -0.39 is 22.7 Å². The minimum absolute atomic E-state index is 0.0274. The van der Waals surface area contributed by atoms with Gasteiger partial charge in [-0.2, -0.15) is 0 Å². The summed E-state index contributed by atoms with van der Waals surface area (Å²) in [6, 6.07) is 7.96. The summed E-state index contributed by atoms with van der Waals surface area (Å²) >= 11 is 0. The molecule has 0 saturated heterocycles. The Morgan fingerprint density at radius 1 is 0.947 bits per heavy atom. The summed E-state index contributed by atoms with van der Waals surface area (Å²) in [4.78, 5) is 0. The minimum atomic E-state index is -1.96. The SMILES string of the molecule is COc1ccc(COCC(C/C=C(C)/C=C/C(O)CCO[Si](C)(C)C(C)(C)C)O[Si](C)(C)C(C)(C)C)cc1. The molecule has 2 atom stereocenters. The van der Waals surface area contributed by atoms with Crippen LogP contribution in [0, 0.1) is 0 Å². The van der Waals surface area contributed by atoms with Crippen molar-refractivity contribution >= 4 is 16.6 Å². The fraction of sp³-hybridized carbons (Fsp3) is 0.677. The first-order valence-electron chi connectivity index (χ1n) is 13.9. The third-order valence-corrected chi connectivity index (χ3v) is 17.0. The molecule has 1 rings (SSSR count). The molecule has 1 aromatic rings. The van der Waals surface area contributed by atoms with Crippen LogP contribution in [0.3, 0.4) is 0 Å². The second-order valence-electron chi connectivity index (χ2n) is 13.4. The van der Waals surface area contributed by atoms with Crippen molar-refractivity contribution in [3.05, 3.63) is 53.6 Å². The monoisotopic (exact) mass is 564 g/mol. The molecule has 0 aromatic heterocycles. The molecular formula is C31H56O5Si2. The molecule has 0 fully saturated rings. The van der Waals surface area contributed by atoms with Gasteiger partial charge in [0.25, 0.3) is 0 Å². The van der Waals surface area contributed by atoms with E-state index in [-0.39, 0.29) is 16.2 Å². The molecule has 0 bridgehead atoms. The average molecular weight is 565 g/mol. The van der Waals surface area contributed by atoms with Crippen molar-refractivity contribution < 1.29 is 23.4 Å². The van der Waals surface area contributed by atoms with Gasteiger partial charge >= 0.3 is 0 Å². The lowest BCUT2D eigenvalue weighted by molar-refractivity contribution is 0.0358. The van der Waals surface area contributed by atoms with E-state index in [4.69, 9.17) is 18.3 Å². The van der Waals surface area contributed by atoms with E-state index in [9.17, 15) is 5.11 Å². The van der Waals surface area contributed by atoms with Gasteiger partial charge in [0.05, 0.1) is 32.5 Å². The smallest absolute Gasteiger partial charge is 0.192 e. The fourth-order valence-electron chi connectivity index (χ4n) is 3.17. The topological polar surface area (TPSA) is 57.2 Å². The van der Waals surface area contributed by atoms with Crippen molar-refractivity contribution in [1.29, 1.82) is 0 Å². The van der Waals surface area contributed by atoms with Crippen LogP contribution in [0.15, 0.2) is 48.1 Å². The van der Waals surface area contributed by atoms with E-state index in [0.29, 0.717) is 26.2 Å². The summed E-state index contributed by atoms with van der Waals surface area (Å²) in [5.41, 5.74) is 2.21. The van der Waals surface area contributed by atoms with Gasteiger partial charge < -0.3 is 23.4 Å². The minimum Gasteiger partial charge on any atom is -0.497 e. The number of hydrogen-bond acceptors (Lipinski definition) is 5. The summed E-state index contributed by atoms with van der Waals surface area (Å²) in [5, 5.41) is 10.7. The van der Waals surface area contributed by atoms with Gasteiger partial charge in [-0.25, -0.2) is 0 Å². The van der Waals surface area contributed by atoms with Crippen LogP contribution in [0.1, 0.15) is 66.9 Å². The van der Waals surface area contributed by atoms with Gasteiger partial charge in [0, 0.05) is 6.61 Å². The van der Waals surface area contributed by atoms with E-state index in [1.807, 2.05) is 36.4 Å². The van der Waals surface area contributed by atoms with Crippen molar-refractivity contribution in [3.63, 3.8) is 0 Å². The first-order chi connectivity index (χ1) is 17.4. The van der Waals surface area contributed by atoms with E-state index in [1.165, 1.54) is 0 Å². The third kappa shape index (κ3) is 12.3. The van der Waals surface area contributed by atoms with Crippen LogP contribution < -0.4 is 4.74 Å². The largest absolute Gasteiger partial charge is 0.497 e. The van der Waals surface area contributed by atoms with E-state index in [2.05, 4.69) is 80.7 Å². The van der Waals surface area contributed by atoms with Gasteiger partial charge in [-0.15, -0.1) is 0 Å². The zero-order valence-corrected chi connectivity index (χ0v) is 28.3. The Hall–Kier alpha value is -1.23. The van der Waals surface area contributed by atoms with Gasteiger partial charge in [-0.3, -0.25) is 0 Å². The number of benzene rings is 1. The van der Waals surface area contributed by atoms with Crippen LogP contribution in [0.2, 0.25) is 36.3 Å². The molecule has 0 spiro atoms. The van der Waals surface area contributed by atoms with Crippen LogP contribution in [0.5, 0.6) is 5.75 Å². The van der Waals surface area contributed by atoms with Crippen molar-refractivity contribution in [1.82, 2.24) is 0 Å². The Bertz CT molecular complexity index is 877. The number of aliphatic hydroxyl groups is 1. The molecule has 0 aliphatic rings. The molecule has 38 heavy (non-hydrogen) atoms. The Morgan fingerprint density at radius 2 is 1.53 bits per heavy atom. The highest BCUT2D eigenvalue weighted by molar-refractivity contribution is 6.74. The Balaban J connectivity index is 2.73. The second-order valence-corrected chi connectivity index (χ2v) is 22.9. The molecule has 2 unspecified atom stereocenters. The van der Waals surface area contributed by atoms with Crippen LogP contribution in [0.25, 0.3) is 0 Å². The van der Waals surface area contributed by atoms with Gasteiger partial charge in [0.1, 0.15) is 5.75 Å². The number of ether oxygens (including phenoxy) is 2. The fourth-order valence-corrected chi connectivity index (χ4v) is 5.58. The molecule has 0 aliphatic carbocycles. The van der Waals surface area contributed by atoms with Crippen molar-refractivity contribution in [2.24, 2.45) is 0 Å². The van der Waals surface area contributed by atoms with Crippen molar-refractivity contribution in [3.8, 4) is 5.75 Å². The molecule has 0 saturated carbocycles. The number of hydrogen-bond donors (Lipinski definition) is 1. The van der Waals surface area contributed by atoms with Crippen LogP contribution in [0.4, 0.5) is 0 Å². The Kier molecular flexibility index (Phi) is 13.7. The van der Waals surface area contributed by atoms with E-state index in [1.54, 1.807) is 7.11 Å². The van der Waals surface area contributed by atoms with Gasteiger partial charge in [0.15, 0.2) is 16.6 Å². The lowest BCUT2D eigenvalue weighted by Crippen LogP contribution is -2.45. The van der Waals surface area contributed by atoms with Crippen LogP contribution >= 0.6 is 0 Å². The molecule has 0 amide bonds. The Morgan fingerprint density at radius 3 is 2.05 bits per heavy atom. The zero-order chi connectivity index (χ0) is 29.2. The number of aliphatic hydroxyl groups excluding tert-OH is 1. The molecule has 1 N–H and O–H groups in total. The van der Waals surface area contributed by atoms with Crippen LogP contribution in [-0.2, 0) is 20.2 Å². The quantitative estimate of drug-likeness (QED) is 0.172. The van der Waals surface area contributed by atoms with Crippen molar-refractivity contribution in [2.75, 3.05) is 20.3 Å². The standard InChI is InChI=1S/C31H56O5Si2/c1-25(13-17-27(32)21-22-35-37(9,10)30(2,3)4)14-18-29(36-38(11,12)31(5,6)7)24-34-23-26-15-19-28(33-8)20-16-26/h13-17,19-20,27,29,32H,18,21-24H2,1-12H3/b17-13+,25-14+. The summed E-state index contributed by atoms with van der Waals surface area (Å²) in [6.07, 6.45) is 6.87. The second kappa shape index (κ2) is 15.0. The molecule has 218 valence electrons. The summed E-state index contributed by atoms with van der Waals surface area (Å²) in [5.74, 6) is 0.842. The maximum Gasteiger partial charge on any atom is 0.192 e. The molecular weight excluding hydrogens is 509 g/mol. The predicted octanol–water partition coefficient (Wildman–Crippen LogP) is 8.27. The lowest BCUT2D eigenvalue weighted by atomic mass is 10.1. The first kappa shape index (κ1) is 34.8. The summed E-state index contributed by atoms with van der Waals surface area (Å²) in [6.45, 7) is 26.2. The summed E-state index contributed by atoms with van der Waals surface area (Å²) in [7, 11) is -2.07. The number of allylic oxidation sites excluding steroid dienone is 2. The third-order valence-electron chi connectivity index (χ3n) is 7.97. The molecule has 0 radical (unpaired) electrons. The van der Waals surface area contributed by atoms with Crippen molar-refractivity contribution in [2.45, 2.75) is 116 Å². The number of methoxy groups -OCH3 is 1. The highest BCUT2D eigenvalue weighted by Gasteiger charge is 2.39. The maximum absolute atomic E-state index is 10.4. The Labute approximate surface area is 235 Å². The summed E-state index contributed by atoms with van der Waals surface area (Å²) < 4.78 is 24.3. The number of rotatable bonds is 15. The highest BCUT2D eigenvalue weighted by Crippen LogP contribution is 2.38. The molecule has 5 nitrogen and oxygen atoms in total. The maximum atomic E-state index is 10.4. The first-order valence-corrected chi connectivity index (χ1v) is 19.7. The highest BCUT2D eigenvalue weighted by atomic mass is 28.4. The molecule has 1 aromatic carbocycles. The van der Waals surface area contributed by atoms with E-state index >= 15 is 0 Å². The normalized spacial score (nSPS) is 15.7. The van der Waals surface area contributed by atoms with Gasteiger partial charge in [0.2, 0.25) is 0 Å². The predicted molar refractivity (Wildman–Crippen MR) is 166 cm³/mol. The molecule has 0 aliphatic heterocycles. The van der Waals surface area contributed by atoms with Gasteiger partial charge in [-0.05, 0) is 73.7 Å². The lowest BCUT2D eigenvalue weighted by Gasteiger charge is -2.39.